The Morgan fingerprint density at radius 2 is 1.79 bits per heavy atom. The van der Waals surface area contributed by atoms with Gasteiger partial charge in [0, 0.05) is 29.3 Å². The van der Waals surface area contributed by atoms with E-state index in [2.05, 4.69) is 22.4 Å². The molecule has 1 N–H and O–H groups in total. The Hall–Kier alpha value is -3.60. The van der Waals surface area contributed by atoms with Gasteiger partial charge in [0.2, 0.25) is 11.9 Å². The third kappa shape index (κ3) is 2.95. The molecule has 0 aliphatic heterocycles. The fraction of sp³-hybridized carbons (Fsp3) is 0.167. The Morgan fingerprint density at radius 3 is 2.69 bits per heavy atom. The molecule has 2 aromatic heterocycles. The predicted octanol–water partition coefficient (Wildman–Crippen LogP) is 5.99. The van der Waals surface area contributed by atoms with Crippen molar-refractivity contribution in [2.75, 3.05) is 5.32 Å². The van der Waals surface area contributed by atoms with E-state index in [0.717, 1.165) is 45.0 Å². The molecule has 2 heterocycles. The lowest BCUT2D eigenvalue weighted by molar-refractivity contribution is 0.0909. The Labute approximate surface area is 168 Å². The monoisotopic (exact) mass is 383 g/mol. The van der Waals surface area contributed by atoms with Crippen molar-refractivity contribution in [2.24, 2.45) is 0 Å². The predicted molar refractivity (Wildman–Crippen MR) is 116 cm³/mol. The van der Waals surface area contributed by atoms with Crippen LogP contribution >= 0.6 is 0 Å². The van der Waals surface area contributed by atoms with Crippen molar-refractivity contribution in [3.05, 3.63) is 72.3 Å². The van der Waals surface area contributed by atoms with Gasteiger partial charge in [-0.05, 0) is 24.6 Å². The number of nitrogens with one attached hydrogen (secondary N) is 1. The largest absolute Gasteiger partial charge is 0.456 e. The smallest absolute Gasteiger partial charge is 0.233 e. The molecule has 0 aliphatic carbocycles. The molecule has 0 unspecified atom stereocenters. The molecule has 0 atom stereocenters. The van der Waals surface area contributed by atoms with Crippen LogP contribution in [0.15, 0.2) is 71.1 Å². The fourth-order valence-electron chi connectivity index (χ4n) is 3.84. The summed E-state index contributed by atoms with van der Waals surface area (Å²) in [6.07, 6.45) is 1.28. The number of carbonyl (C=O) groups is 1. The van der Waals surface area contributed by atoms with Crippen LogP contribution in [0, 0.1) is 0 Å². The van der Waals surface area contributed by atoms with Crippen molar-refractivity contribution in [2.45, 2.75) is 26.3 Å². The van der Waals surface area contributed by atoms with E-state index in [1.54, 1.807) is 4.57 Å². The zero-order chi connectivity index (χ0) is 19.8. The van der Waals surface area contributed by atoms with Crippen LogP contribution in [0.25, 0.3) is 33.0 Å². The first-order valence-corrected chi connectivity index (χ1v) is 9.90. The summed E-state index contributed by atoms with van der Waals surface area (Å²) in [4.78, 5) is 17.4. The van der Waals surface area contributed by atoms with Crippen LogP contribution in [0.1, 0.15) is 30.1 Å². The lowest BCUT2D eigenvalue weighted by Crippen LogP contribution is -2.14. The average molecular weight is 383 g/mol. The molecule has 0 saturated carbocycles. The lowest BCUT2D eigenvalue weighted by atomic mass is 10.1. The quantitative estimate of drug-likeness (QED) is 0.405. The molecule has 0 fully saturated rings. The molecule has 144 valence electrons. The van der Waals surface area contributed by atoms with Gasteiger partial charge < -0.3 is 9.73 Å². The summed E-state index contributed by atoms with van der Waals surface area (Å²) in [6.45, 7) is 2.52. The van der Waals surface area contributed by atoms with E-state index < -0.39 is 0 Å². The first kappa shape index (κ1) is 17.5. The minimum atomic E-state index is 0.0469. The number of anilines is 1. The molecule has 0 spiro atoms. The zero-order valence-corrected chi connectivity index (χ0v) is 16.2. The highest BCUT2D eigenvalue weighted by molar-refractivity contribution is 6.05. The van der Waals surface area contributed by atoms with Crippen molar-refractivity contribution >= 4 is 44.8 Å². The highest BCUT2D eigenvalue weighted by atomic mass is 16.3. The van der Waals surface area contributed by atoms with Gasteiger partial charge in [-0.2, -0.15) is 0 Å². The van der Waals surface area contributed by atoms with Crippen LogP contribution in [0.2, 0.25) is 0 Å². The summed E-state index contributed by atoms with van der Waals surface area (Å²) in [5, 5.41) is 5.57. The summed E-state index contributed by atoms with van der Waals surface area (Å²) in [6, 6.07) is 21.9. The number of nitrogens with zero attached hydrogens (tertiary/aromatic N) is 2. The SMILES string of the molecule is CCCC(=O)n1c(NCc2cccc3c2oc2ccccc23)nc2ccccc21. The fourth-order valence-corrected chi connectivity index (χ4v) is 3.84. The number of para-hydroxylation sites is 4. The number of fused-ring (bicyclic) bond motifs is 4. The van der Waals surface area contributed by atoms with Gasteiger partial charge in [0.05, 0.1) is 11.0 Å². The summed E-state index contributed by atoms with van der Waals surface area (Å²) < 4.78 is 7.81. The molecular formula is C24H21N3O2. The van der Waals surface area contributed by atoms with Gasteiger partial charge in [-0.3, -0.25) is 4.79 Å². The van der Waals surface area contributed by atoms with Crippen LogP contribution in [0.5, 0.6) is 0 Å². The number of benzene rings is 3. The highest BCUT2D eigenvalue weighted by Crippen LogP contribution is 2.31. The minimum Gasteiger partial charge on any atom is -0.456 e. The maximum atomic E-state index is 12.7. The molecule has 0 amide bonds. The number of hydrogen-bond donors (Lipinski definition) is 1. The van der Waals surface area contributed by atoms with Crippen molar-refractivity contribution in [3.63, 3.8) is 0 Å². The number of rotatable bonds is 5. The summed E-state index contributed by atoms with van der Waals surface area (Å²) in [5.74, 6) is 0.614. The van der Waals surface area contributed by atoms with Gasteiger partial charge in [-0.25, -0.2) is 9.55 Å². The Balaban J connectivity index is 1.54. The van der Waals surface area contributed by atoms with E-state index in [1.807, 2.05) is 61.5 Å². The normalized spacial score (nSPS) is 11.5. The summed E-state index contributed by atoms with van der Waals surface area (Å²) in [7, 11) is 0. The van der Waals surface area contributed by atoms with E-state index in [9.17, 15) is 4.79 Å². The van der Waals surface area contributed by atoms with E-state index in [1.165, 1.54) is 0 Å². The van der Waals surface area contributed by atoms with Crippen LogP contribution in [-0.4, -0.2) is 15.5 Å². The van der Waals surface area contributed by atoms with Crippen LogP contribution in [0.3, 0.4) is 0 Å². The second-order valence-electron chi connectivity index (χ2n) is 7.15. The second-order valence-corrected chi connectivity index (χ2v) is 7.15. The van der Waals surface area contributed by atoms with E-state index in [-0.39, 0.29) is 5.91 Å². The van der Waals surface area contributed by atoms with Gasteiger partial charge in [-0.1, -0.05) is 55.5 Å². The first-order chi connectivity index (χ1) is 14.3. The highest BCUT2D eigenvalue weighted by Gasteiger charge is 2.17. The van der Waals surface area contributed by atoms with Gasteiger partial charge in [0.1, 0.15) is 11.2 Å². The standard InChI is InChI=1S/C24H21N3O2/c1-2-8-22(28)27-20-13-5-4-12-19(20)26-24(27)25-15-16-9-7-11-18-17-10-3-6-14-21(17)29-23(16)18/h3-7,9-14H,2,8,15H2,1H3,(H,25,26). The Kier molecular flexibility index (Phi) is 4.28. The van der Waals surface area contributed by atoms with Crippen LogP contribution in [0.4, 0.5) is 5.95 Å². The molecule has 5 heteroatoms. The van der Waals surface area contributed by atoms with Crippen LogP contribution in [-0.2, 0) is 6.54 Å². The first-order valence-electron chi connectivity index (χ1n) is 9.90. The number of imidazole rings is 1. The number of carbonyl (C=O) groups excluding carboxylic acids is 1. The van der Waals surface area contributed by atoms with E-state index >= 15 is 0 Å². The molecule has 5 rings (SSSR count). The Bertz CT molecular complexity index is 1350. The van der Waals surface area contributed by atoms with Crippen molar-refractivity contribution in [1.82, 2.24) is 9.55 Å². The minimum absolute atomic E-state index is 0.0469. The zero-order valence-electron chi connectivity index (χ0n) is 16.2. The summed E-state index contributed by atoms with van der Waals surface area (Å²) in [5.41, 5.74) is 4.40. The van der Waals surface area contributed by atoms with E-state index in [0.29, 0.717) is 18.9 Å². The average Bonchev–Trinajstić information content (AvgIpc) is 3.31. The third-order valence-corrected chi connectivity index (χ3v) is 5.20. The van der Waals surface area contributed by atoms with Crippen LogP contribution < -0.4 is 5.32 Å². The molecule has 29 heavy (non-hydrogen) atoms. The molecule has 0 aliphatic rings. The van der Waals surface area contributed by atoms with Gasteiger partial charge in [0.15, 0.2) is 0 Å². The van der Waals surface area contributed by atoms with E-state index in [4.69, 9.17) is 4.42 Å². The van der Waals surface area contributed by atoms with Crippen molar-refractivity contribution in [1.29, 1.82) is 0 Å². The molecule has 5 aromatic rings. The maximum Gasteiger partial charge on any atom is 0.233 e. The van der Waals surface area contributed by atoms with Crippen molar-refractivity contribution in [3.8, 4) is 0 Å². The number of aromatic nitrogens is 2. The lowest BCUT2D eigenvalue weighted by Gasteiger charge is -2.09. The number of furan rings is 1. The van der Waals surface area contributed by atoms with Crippen molar-refractivity contribution < 1.29 is 9.21 Å². The molecular weight excluding hydrogens is 362 g/mol. The third-order valence-electron chi connectivity index (χ3n) is 5.20. The molecule has 5 nitrogen and oxygen atoms in total. The Morgan fingerprint density at radius 1 is 1.00 bits per heavy atom. The van der Waals surface area contributed by atoms with Gasteiger partial charge in [-0.15, -0.1) is 0 Å². The summed E-state index contributed by atoms with van der Waals surface area (Å²) >= 11 is 0. The van der Waals surface area contributed by atoms with Gasteiger partial charge in [0.25, 0.3) is 0 Å². The topological polar surface area (TPSA) is 60.1 Å². The maximum absolute atomic E-state index is 12.7. The number of hydrogen-bond acceptors (Lipinski definition) is 4. The second kappa shape index (κ2) is 7.09. The van der Waals surface area contributed by atoms with Gasteiger partial charge >= 0.3 is 0 Å². The molecule has 0 saturated heterocycles. The molecule has 3 aromatic carbocycles. The molecule has 0 radical (unpaired) electrons. The molecule has 0 bridgehead atoms.